The molecule has 0 aliphatic carbocycles. The molecule has 0 radical (unpaired) electrons. The molecule has 0 saturated carbocycles. The molecule has 0 unspecified atom stereocenters. The van der Waals surface area contributed by atoms with Crippen molar-refractivity contribution in [2.75, 3.05) is 24.6 Å². The van der Waals surface area contributed by atoms with Gasteiger partial charge in [0.15, 0.2) is 11.5 Å². The lowest BCUT2D eigenvalue weighted by Gasteiger charge is -2.31. The summed E-state index contributed by atoms with van der Waals surface area (Å²) in [6.07, 6.45) is 3.32. The maximum atomic E-state index is 12.3. The summed E-state index contributed by atoms with van der Waals surface area (Å²) in [5, 5.41) is 15.7. The molecular formula is C19H22N6O2. The van der Waals surface area contributed by atoms with Gasteiger partial charge >= 0.3 is 5.97 Å². The van der Waals surface area contributed by atoms with Crippen molar-refractivity contribution in [2.24, 2.45) is 5.92 Å². The van der Waals surface area contributed by atoms with Gasteiger partial charge < -0.3 is 9.64 Å². The zero-order chi connectivity index (χ0) is 18.5. The monoisotopic (exact) mass is 366 g/mol. The number of ether oxygens (including phenoxy) is 1. The second-order valence-electron chi connectivity index (χ2n) is 6.74. The van der Waals surface area contributed by atoms with E-state index in [0.29, 0.717) is 12.3 Å². The number of aryl methyl sites for hydroxylation is 1. The van der Waals surface area contributed by atoms with Crippen molar-refractivity contribution in [2.45, 2.75) is 25.7 Å². The molecule has 140 valence electrons. The molecule has 0 spiro atoms. The number of piperidine rings is 1. The SMILES string of the molecule is O=C(OCCCc1ccccc1)C1CCN(c2ccc3nnnn3n2)CC1. The quantitative estimate of drug-likeness (QED) is 0.486. The van der Waals surface area contributed by atoms with E-state index in [-0.39, 0.29) is 11.9 Å². The first-order chi connectivity index (χ1) is 13.3. The minimum absolute atomic E-state index is 0.0326. The third-order valence-corrected chi connectivity index (χ3v) is 4.90. The molecule has 8 heteroatoms. The van der Waals surface area contributed by atoms with E-state index in [1.165, 1.54) is 10.2 Å². The summed E-state index contributed by atoms with van der Waals surface area (Å²) in [6, 6.07) is 14.0. The summed E-state index contributed by atoms with van der Waals surface area (Å²) in [5.41, 5.74) is 1.89. The van der Waals surface area contributed by atoms with E-state index in [9.17, 15) is 4.79 Å². The van der Waals surface area contributed by atoms with Gasteiger partial charge in [0, 0.05) is 13.1 Å². The smallest absolute Gasteiger partial charge is 0.309 e. The van der Waals surface area contributed by atoms with Crippen molar-refractivity contribution in [3.63, 3.8) is 0 Å². The first kappa shape index (κ1) is 17.4. The zero-order valence-corrected chi connectivity index (χ0v) is 15.1. The van der Waals surface area contributed by atoms with Crippen LogP contribution in [-0.2, 0) is 16.0 Å². The van der Waals surface area contributed by atoms with E-state index in [1.807, 2.05) is 30.3 Å². The van der Waals surface area contributed by atoms with E-state index in [2.05, 4.69) is 37.7 Å². The van der Waals surface area contributed by atoms with E-state index in [4.69, 9.17) is 4.74 Å². The topological polar surface area (TPSA) is 85.5 Å². The van der Waals surface area contributed by atoms with E-state index in [1.54, 1.807) is 0 Å². The highest BCUT2D eigenvalue weighted by atomic mass is 16.5. The predicted molar refractivity (Wildman–Crippen MR) is 99.2 cm³/mol. The number of hydrogen-bond donors (Lipinski definition) is 0. The molecular weight excluding hydrogens is 344 g/mol. The number of hydrogen-bond acceptors (Lipinski definition) is 7. The predicted octanol–water partition coefficient (Wildman–Crippen LogP) is 1.91. The number of anilines is 1. The molecule has 1 saturated heterocycles. The Balaban J connectivity index is 1.22. The second-order valence-corrected chi connectivity index (χ2v) is 6.74. The van der Waals surface area contributed by atoms with Crippen molar-refractivity contribution in [3.05, 3.63) is 48.0 Å². The van der Waals surface area contributed by atoms with Gasteiger partial charge in [-0.3, -0.25) is 4.79 Å². The molecule has 2 aromatic heterocycles. The van der Waals surface area contributed by atoms with Crippen molar-refractivity contribution < 1.29 is 9.53 Å². The van der Waals surface area contributed by atoms with Gasteiger partial charge in [-0.25, -0.2) is 0 Å². The average Bonchev–Trinajstić information content (AvgIpc) is 3.20. The highest BCUT2D eigenvalue weighted by Crippen LogP contribution is 2.22. The fourth-order valence-electron chi connectivity index (χ4n) is 3.36. The zero-order valence-electron chi connectivity index (χ0n) is 15.1. The Morgan fingerprint density at radius 2 is 1.93 bits per heavy atom. The van der Waals surface area contributed by atoms with Gasteiger partial charge in [0.05, 0.1) is 12.5 Å². The lowest BCUT2D eigenvalue weighted by molar-refractivity contribution is -0.149. The third kappa shape index (κ3) is 4.21. The van der Waals surface area contributed by atoms with Crippen molar-refractivity contribution in [1.29, 1.82) is 0 Å². The summed E-state index contributed by atoms with van der Waals surface area (Å²) < 4.78 is 6.91. The molecule has 0 amide bonds. The summed E-state index contributed by atoms with van der Waals surface area (Å²) in [4.78, 5) is 14.5. The van der Waals surface area contributed by atoms with Crippen molar-refractivity contribution in [3.8, 4) is 0 Å². The van der Waals surface area contributed by atoms with Gasteiger partial charge in [0.2, 0.25) is 0 Å². The van der Waals surface area contributed by atoms with Crippen LogP contribution < -0.4 is 4.90 Å². The third-order valence-electron chi connectivity index (χ3n) is 4.90. The number of carbonyl (C=O) groups is 1. The number of benzene rings is 1. The van der Waals surface area contributed by atoms with Crippen LogP contribution >= 0.6 is 0 Å². The van der Waals surface area contributed by atoms with E-state index < -0.39 is 0 Å². The van der Waals surface area contributed by atoms with Gasteiger partial charge in [0.25, 0.3) is 0 Å². The van der Waals surface area contributed by atoms with Crippen LogP contribution in [-0.4, -0.2) is 50.9 Å². The number of fused-ring (bicyclic) bond motifs is 1. The van der Waals surface area contributed by atoms with Crippen LogP contribution in [0.4, 0.5) is 5.82 Å². The van der Waals surface area contributed by atoms with Crippen LogP contribution in [0.3, 0.4) is 0 Å². The summed E-state index contributed by atoms with van der Waals surface area (Å²) in [6.45, 7) is 2.01. The normalized spacial score (nSPS) is 15.2. The molecule has 3 heterocycles. The van der Waals surface area contributed by atoms with E-state index in [0.717, 1.165) is 44.6 Å². The Hall–Kier alpha value is -3.03. The Morgan fingerprint density at radius 3 is 2.74 bits per heavy atom. The Bertz CT molecular complexity index is 889. The number of esters is 1. The minimum atomic E-state index is -0.0772. The summed E-state index contributed by atoms with van der Waals surface area (Å²) >= 11 is 0. The van der Waals surface area contributed by atoms with Crippen LogP contribution in [0.2, 0.25) is 0 Å². The number of tetrazole rings is 1. The Labute approximate surface area is 157 Å². The standard InChI is InChI=1S/C19H22N6O2/c26-19(27-14-4-7-15-5-2-1-3-6-15)16-10-12-24(13-11-16)18-9-8-17-20-22-23-25(17)21-18/h1-3,5-6,8-9,16H,4,7,10-14H2. The Morgan fingerprint density at radius 1 is 1.11 bits per heavy atom. The lowest BCUT2D eigenvalue weighted by Crippen LogP contribution is -2.37. The molecule has 0 N–H and O–H groups in total. The Kier molecular flexibility index (Phi) is 5.22. The molecule has 1 fully saturated rings. The maximum absolute atomic E-state index is 12.3. The largest absolute Gasteiger partial charge is 0.465 e. The van der Waals surface area contributed by atoms with Crippen molar-refractivity contribution >= 4 is 17.4 Å². The molecule has 0 bridgehead atoms. The number of carbonyl (C=O) groups excluding carboxylic acids is 1. The molecule has 3 aromatic rings. The summed E-state index contributed by atoms with van der Waals surface area (Å²) in [7, 11) is 0. The fraction of sp³-hybridized carbons (Fsp3) is 0.421. The minimum Gasteiger partial charge on any atom is -0.465 e. The highest BCUT2D eigenvalue weighted by Gasteiger charge is 2.27. The lowest BCUT2D eigenvalue weighted by atomic mass is 9.97. The van der Waals surface area contributed by atoms with Gasteiger partial charge in [-0.2, -0.15) is 0 Å². The molecule has 8 nitrogen and oxygen atoms in total. The molecule has 1 aliphatic rings. The molecule has 1 aromatic carbocycles. The first-order valence-electron chi connectivity index (χ1n) is 9.30. The van der Waals surface area contributed by atoms with E-state index >= 15 is 0 Å². The maximum Gasteiger partial charge on any atom is 0.309 e. The van der Waals surface area contributed by atoms with Crippen LogP contribution in [0.15, 0.2) is 42.5 Å². The molecule has 1 aliphatic heterocycles. The van der Waals surface area contributed by atoms with Gasteiger partial charge in [-0.1, -0.05) is 30.3 Å². The second kappa shape index (κ2) is 8.11. The fourth-order valence-corrected chi connectivity index (χ4v) is 3.36. The van der Waals surface area contributed by atoms with Gasteiger partial charge in [0.1, 0.15) is 0 Å². The van der Waals surface area contributed by atoms with Gasteiger partial charge in [-0.15, -0.1) is 14.8 Å². The van der Waals surface area contributed by atoms with Crippen LogP contribution in [0.1, 0.15) is 24.8 Å². The van der Waals surface area contributed by atoms with Crippen LogP contribution in [0.25, 0.3) is 5.65 Å². The molecule has 0 atom stereocenters. The van der Waals surface area contributed by atoms with Gasteiger partial charge in [-0.05, 0) is 53.8 Å². The van der Waals surface area contributed by atoms with Crippen LogP contribution in [0, 0.1) is 5.92 Å². The van der Waals surface area contributed by atoms with Crippen molar-refractivity contribution in [1.82, 2.24) is 25.3 Å². The highest BCUT2D eigenvalue weighted by molar-refractivity contribution is 5.72. The molecule has 4 rings (SSSR count). The van der Waals surface area contributed by atoms with Crippen LogP contribution in [0.5, 0.6) is 0 Å². The first-order valence-corrected chi connectivity index (χ1v) is 9.30. The summed E-state index contributed by atoms with van der Waals surface area (Å²) in [5.74, 6) is 0.714. The number of rotatable bonds is 6. The average molecular weight is 366 g/mol. The molecule has 27 heavy (non-hydrogen) atoms. The number of aromatic nitrogens is 5. The number of nitrogens with zero attached hydrogens (tertiary/aromatic N) is 6.